The Morgan fingerprint density at radius 2 is 1.80 bits per heavy atom. The van der Waals surface area contributed by atoms with Crippen LogP contribution in [-0.2, 0) is 4.79 Å². The number of ether oxygens (including phenoxy) is 1. The van der Waals surface area contributed by atoms with E-state index in [9.17, 15) is 18.4 Å². The molecule has 0 saturated carbocycles. The third kappa shape index (κ3) is 4.96. The Balaban J connectivity index is 1.57. The second-order valence-corrected chi connectivity index (χ2v) is 7.19. The summed E-state index contributed by atoms with van der Waals surface area (Å²) in [5, 5.41) is 2.65. The average molecular weight is 421 g/mol. The molecule has 3 rings (SSSR count). The molecule has 1 aromatic carbocycles. The first-order chi connectivity index (χ1) is 14.3. The number of anilines is 1. The molecule has 1 fully saturated rings. The predicted octanol–water partition coefficient (Wildman–Crippen LogP) is 3.28. The lowest BCUT2D eigenvalue weighted by Crippen LogP contribution is -2.54. The van der Waals surface area contributed by atoms with Gasteiger partial charge in [-0.15, -0.1) is 0 Å². The molecule has 9 heteroatoms. The molecular weight excluding hydrogens is 396 g/mol. The van der Waals surface area contributed by atoms with Gasteiger partial charge in [-0.25, -0.2) is 0 Å². The Kier molecular flexibility index (Phi) is 6.71. The summed E-state index contributed by atoms with van der Waals surface area (Å²) in [7, 11) is 0. The molecule has 1 atom stereocenters. The van der Waals surface area contributed by atoms with Crippen LogP contribution in [0.15, 0.2) is 34.7 Å². The molecule has 2 aromatic rings. The Bertz CT molecular complexity index is 907. The van der Waals surface area contributed by atoms with Crippen molar-refractivity contribution >= 4 is 17.5 Å². The molecule has 1 N–H and O–H groups in total. The summed E-state index contributed by atoms with van der Waals surface area (Å²) in [6, 6.07) is 7.29. The second-order valence-electron chi connectivity index (χ2n) is 7.19. The zero-order valence-corrected chi connectivity index (χ0v) is 17.2. The van der Waals surface area contributed by atoms with Crippen molar-refractivity contribution in [2.24, 2.45) is 0 Å². The van der Waals surface area contributed by atoms with Gasteiger partial charge in [-0.3, -0.25) is 14.5 Å². The second kappa shape index (κ2) is 9.25. The zero-order chi connectivity index (χ0) is 21.8. The molecule has 1 saturated heterocycles. The summed E-state index contributed by atoms with van der Waals surface area (Å²) >= 11 is 0. The third-order valence-corrected chi connectivity index (χ3v) is 5.16. The van der Waals surface area contributed by atoms with E-state index in [1.54, 1.807) is 43.9 Å². The molecule has 0 radical (unpaired) electrons. The van der Waals surface area contributed by atoms with Crippen LogP contribution in [0.1, 0.15) is 28.8 Å². The minimum Gasteiger partial charge on any atom is -0.466 e. The number of hydrogen-bond acceptors (Lipinski definition) is 5. The van der Waals surface area contributed by atoms with E-state index in [0.29, 0.717) is 43.3 Å². The zero-order valence-electron chi connectivity index (χ0n) is 17.2. The SMILES string of the molecule is Cc1cc(C(=O)N2CCN(C(C)C(=O)Nc3ccccc3OC(F)F)CC2)c(C)o1. The van der Waals surface area contributed by atoms with Crippen LogP contribution in [0.3, 0.4) is 0 Å². The lowest BCUT2D eigenvalue weighted by atomic mass is 10.1. The molecular formula is C21H25F2N3O4. The number of hydrogen-bond donors (Lipinski definition) is 1. The summed E-state index contributed by atoms with van der Waals surface area (Å²) < 4.78 is 35.0. The highest BCUT2D eigenvalue weighted by Crippen LogP contribution is 2.26. The number of alkyl halides is 2. The van der Waals surface area contributed by atoms with Crippen LogP contribution in [-0.4, -0.2) is 60.4 Å². The Morgan fingerprint density at radius 1 is 1.13 bits per heavy atom. The maximum atomic E-state index is 12.7. The maximum absolute atomic E-state index is 12.7. The van der Waals surface area contributed by atoms with Gasteiger partial charge in [0.15, 0.2) is 0 Å². The van der Waals surface area contributed by atoms with Crippen LogP contribution >= 0.6 is 0 Å². The number of para-hydroxylation sites is 2. The smallest absolute Gasteiger partial charge is 0.387 e. The molecule has 7 nitrogen and oxygen atoms in total. The normalized spacial score (nSPS) is 15.9. The lowest BCUT2D eigenvalue weighted by Gasteiger charge is -2.37. The lowest BCUT2D eigenvalue weighted by molar-refractivity contribution is -0.121. The molecule has 1 aliphatic rings. The van der Waals surface area contributed by atoms with Gasteiger partial charge in [-0.05, 0) is 39.0 Å². The summed E-state index contributed by atoms with van der Waals surface area (Å²) in [4.78, 5) is 29.0. The highest BCUT2D eigenvalue weighted by atomic mass is 19.3. The van der Waals surface area contributed by atoms with Gasteiger partial charge in [0.25, 0.3) is 5.91 Å². The number of nitrogens with zero attached hydrogens (tertiary/aromatic N) is 2. The van der Waals surface area contributed by atoms with Crippen molar-refractivity contribution in [2.45, 2.75) is 33.4 Å². The van der Waals surface area contributed by atoms with E-state index in [4.69, 9.17) is 4.42 Å². The van der Waals surface area contributed by atoms with E-state index in [1.165, 1.54) is 12.1 Å². The first-order valence-corrected chi connectivity index (χ1v) is 9.71. The molecule has 0 spiro atoms. The summed E-state index contributed by atoms with van der Waals surface area (Å²) in [6.45, 7) is 4.32. The first kappa shape index (κ1) is 21.8. The molecule has 1 aliphatic heterocycles. The number of piperazine rings is 1. The number of rotatable bonds is 6. The third-order valence-electron chi connectivity index (χ3n) is 5.16. The van der Waals surface area contributed by atoms with Gasteiger partial charge in [0.05, 0.1) is 17.3 Å². The van der Waals surface area contributed by atoms with Crippen molar-refractivity contribution in [3.05, 3.63) is 47.4 Å². The highest BCUT2D eigenvalue weighted by Gasteiger charge is 2.29. The van der Waals surface area contributed by atoms with Crippen molar-refractivity contribution in [1.29, 1.82) is 0 Å². The van der Waals surface area contributed by atoms with Gasteiger partial charge >= 0.3 is 6.61 Å². The van der Waals surface area contributed by atoms with Gasteiger partial charge < -0.3 is 19.4 Å². The van der Waals surface area contributed by atoms with Gasteiger partial charge in [-0.2, -0.15) is 8.78 Å². The van der Waals surface area contributed by atoms with Crippen LogP contribution in [0, 0.1) is 13.8 Å². The number of nitrogens with one attached hydrogen (secondary N) is 1. The van der Waals surface area contributed by atoms with E-state index in [1.807, 2.05) is 4.90 Å². The van der Waals surface area contributed by atoms with E-state index < -0.39 is 12.7 Å². The standard InChI is InChI=1S/C21H25F2N3O4/c1-13-12-16(15(3)29-13)20(28)26-10-8-25(9-11-26)14(2)19(27)24-17-6-4-5-7-18(17)30-21(22)23/h4-7,12,14,21H,8-11H2,1-3H3,(H,24,27). The minimum atomic E-state index is -2.98. The van der Waals surface area contributed by atoms with Crippen molar-refractivity contribution in [3.63, 3.8) is 0 Å². The van der Waals surface area contributed by atoms with Crippen LogP contribution in [0.5, 0.6) is 5.75 Å². The number of carbonyl (C=O) groups is 2. The van der Waals surface area contributed by atoms with Crippen molar-refractivity contribution in [1.82, 2.24) is 9.80 Å². The largest absolute Gasteiger partial charge is 0.466 e. The quantitative estimate of drug-likeness (QED) is 0.775. The summed E-state index contributed by atoms with van der Waals surface area (Å²) in [5.41, 5.74) is 0.747. The first-order valence-electron chi connectivity index (χ1n) is 9.71. The molecule has 1 aromatic heterocycles. The predicted molar refractivity (Wildman–Crippen MR) is 107 cm³/mol. The van der Waals surface area contributed by atoms with E-state index >= 15 is 0 Å². The summed E-state index contributed by atoms with van der Waals surface area (Å²) in [6.07, 6.45) is 0. The fourth-order valence-electron chi connectivity index (χ4n) is 3.50. The number of carbonyl (C=O) groups excluding carboxylic acids is 2. The summed E-state index contributed by atoms with van der Waals surface area (Å²) in [5.74, 6) is 0.781. The number of aryl methyl sites for hydroxylation is 2. The van der Waals surface area contributed by atoms with E-state index in [0.717, 1.165) is 0 Å². The van der Waals surface area contributed by atoms with Gasteiger partial charge in [0.1, 0.15) is 17.3 Å². The molecule has 0 aliphatic carbocycles. The highest BCUT2D eigenvalue weighted by molar-refractivity contribution is 5.96. The van der Waals surface area contributed by atoms with Crippen LogP contribution in [0.25, 0.3) is 0 Å². The van der Waals surface area contributed by atoms with Gasteiger partial charge in [-0.1, -0.05) is 12.1 Å². The Labute approximate surface area is 173 Å². The monoisotopic (exact) mass is 421 g/mol. The molecule has 30 heavy (non-hydrogen) atoms. The number of halogens is 2. The Morgan fingerprint density at radius 3 is 2.40 bits per heavy atom. The topological polar surface area (TPSA) is 75.0 Å². The van der Waals surface area contributed by atoms with Crippen LogP contribution in [0.2, 0.25) is 0 Å². The van der Waals surface area contributed by atoms with E-state index in [2.05, 4.69) is 10.1 Å². The molecule has 162 valence electrons. The van der Waals surface area contributed by atoms with Gasteiger partial charge in [0.2, 0.25) is 5.91 Å². The number of furan rings is 1. The Hall–Kier alpha value is -2.94. The molecule has 2 heterocycles. The number of amides is 2. The van der Waals surface area contributed by atoms with Crippen molar-refractivity contribution < 1.29 is 27.5 Å². The van der Waals surface area contributed by atoms with Crippen LogP contribution in [0.4, 0.5) is 14.5 Å². The van der Waals surface area contributed by atoms with Crippen molar-refractivity contribution in [2.75, 3.05) is 31.5 Å². The number of benzene rings is 1. The van der Waals surface area contributed by atoms with Crippen LogP contribution < -0.4 is 10.1 Å². The van der Waals surface area contributed by atoms with E-state index in [-0.39, 0.29) is 23.3 Å². The molecule has 2 amide bonds. The van der Waals surface area contributed by atoms with Gasteiger partial charge in [0, 0.05) is 26.2 Å². The maximum Gasteiger partial charge on any atom is 0.387 e. The van der Waals surface area contributed by atoms with Crippen molar-refractivity contribution in [3.8, 4) is 5.75 Å². The fraction of sp³-hybridized carbons (Fsp3) is 0.429. The molecule has 1 unspecified atom stereocenters. The minimum absolute atomic E-state index is 0.0841. The fourth-order valence-corrected chi connectivity index (χ4v) is 3.50. The molecule has 0 bridgehead atoms. The average Bonchev–Trinajstić information content (AvgIpc) is 3.06.